The summed E-state index contributed by atoms with van der Waals surface area (Å²) in [4.78, 5) is 15.9. The number of nitrogens with one attached hydrogen (secondary N) is 2. The number of hydrogen-bond acceptors (Lipinski definition) is 6. The predicted molar refractivity (Wildman–Crippen MR) is 88.7 cm³/mol. The van der Waals surface area contributed by atoms with Crippen LogP contribution in [0.25, 0.3) is 0 Å². The topological polar surface area (TPSA) is 80.0 Å². The lowest BCUT2D eigenvalue weighted by Gasteiger charge is -2.23. The van der Waals surface area contributed by atoms with E-state index in [-0.39, 0.29) is 5.78 Å². The molecule has 1 unspecified atom stereocenters. The molecule has 1 aliphatic rings. The highest BCUT2D eigenvalue weighted by molar-refractivity contribution is 7.18. The van der Waals surface area contributed by atoms with Gasteiger partial charge in [-0.1, -0.05) is 39.0 Å². The maximum absolute atomic E-state index is 11.2. The number of nitrogens with zero attached hydrogens (tertiary/aromatic N) is 1. The van der Waals surface area contributed by atoms with Gasteiger partial charge in [0.1, 0.15) is 10.7 Å². The minimum Gasteiger partial charge on any atom is -0.382 e. The van der Waals surface area contributed by atoms with Crippen LogP contribution in [0.1, 0.15) is 57.1 Å². The molecule has 0 amide bonds. The van der Waals surface area contributed by atoms with Crippen LogP contribution in [-0.2, 0) is 0 Å². The molecular weight excluding hydrogens is 272 g/mol. The van der Waals surface area contributed by atoms with Crippen LogP contribution < -0.4 is 16.4 Å². The number of hydrogen-bond donors (Lipinski definition) is 3. The molecule has 2 heterocycles. The van der Waals surface area contributed by atoms with Gasteiger partial charge in [0.05, 0.1) is 0 Å². The zero-order valence-corrected chi connectivity index (χ0v) is 14.1. The van der Waals surface area contributed by atoms with Crippen LogP contribution in [0, 0.1) is 0 Å². The molecule has 0 aromatic carbocycles. The third-order valence-electron chi connectivity index (χ3n) is 2.60. The lowest BCUT2D eigenvalue weighted by Crippen LogP contribution is -2.38. The van der Waals surface area contributed by atoms with Crippen LogP contribution in [0.5, 0.6) is 0 Å². The number of Topliss-reactive ketones (excluding diaryl/α,β-unsaturated/α-hetero) is 1. The molecule has 1 fully saturated rings. The molecule has 0 radical (unpaired) electrons. The first-order chi connectivity index (χ1) is 9.66. The van der Waals surface area contributed by atoms with Crippen molar-refractivity contribution >= 4 is 28.1 Å². The predicted octanol–water partition coefficient (Wildman–Crippen LogP) is 3.14. The van der Waals surface area contributed by atoms with Gasteiger partial charge >= 0.3 is 0 Å². The van der Waals surface area contributed by atoms with Crippen molar-refractivity contribution < 1.29 is 4.79 Å². The molecule has 1 saturated heterocycles. The number of carbonyl (C=O) groups excluding carboxylic acids is 1. The lowest BCUT2D eigenvalue weighted by atomic mass is 10.1. The van der Waals surface area contributed by atoms with Crippen molar-refractivity contribution in [1.82, 2.24) is 10.3 Å². The quantitative estimate of drug-likeness (QED) is 0.747. The van der Waals surface area contributed by atoms with Crippen molar-refractivity contribution in [2.75, 3.05) is 24.1 Å². The SMILES string of the molecule is CC.CC.CC(=O)c1sc(NC2CCCNC2)nc1N. The van der Waals surface area contributed by atoms with E-state index in [1.54, 1.807) is 0 Å². The Morgan fingerprint density at radius 1 is 1.40 bits per heavy atom. The highest BCUT2D eigenvalue weighted by atomic mass is 32.1. The molecule has 116 valence electrons. The summed E-state index contributed by atoms with van der Waals surface area (Å²) in [6, 6.07) is 0.388. The fraction of sp³-hybridized carbons (Fsp3) is 0.714. The van der Waals surface area contributed by atoms with Gasteiger partial charge in [0.2, 0.25) is 0 Å². The van der Waals surface area contributed by atoms with Crippen LogP contribution in [0.15, 0.2) is 0 Å². The van der Waals surface area contributed by atoms with Crippen LogP contribution in [0.2, 0.25) is 0 Å². The first kappa shape index (κ1) is 18.9. The van der Waals surface area contributed by atoms with Crippen molar-refractivity contribution in [3.05, 3.63) is 4.88 Å². The highest BCUT2D eigenvalue weighted by Crippen LogP contribution is 2.26. The van der Waals surface area contributed by atoms with E-state index in [9.17, 15) is 4.79 Å². The monoisotopic (exact) mass is 300 g/mol. The van der Waals surface area contributed by atoms with Crippen molar-refractivity contribution in [3.8, 4) is 0 Å². The van der Waals surface area contributed by atoms with Gasteiger partial charge in [0.25, 0.3) is 0 Å². The molecule has 1 aromatic heterocycles. The summed E-state index contributed by atoms with van der Waals surface area (Å²) in [7, 11) is 0. The largest absolute Gasteiger partial charge is 0.382 e. The zero-order valence-electron chi connectivity index (χ0n) is 13.2. The average molecular weight is 300 g/mol. The van der Waals surface area contributed by atoms with Gasteiger partial charge in [-0.25, -0.2) is 4.98 Å². The first-order valence-corrected chi connectivity index (χ1v) is 8.23. The van der Waals surface area contributed by atoms with Crippen molar-refractivity contribution in [2.24, 2.45) is 0 Å². The fourth-order valence-electron chi connectivity index (χ4n) is 1.80. The minimum absolute atomic E-state index is 0.0233. The van der Waals surface area contributed by atoms with Gasteiger partial charge in [-0.05, 0) is 19.4 Å². The van der Waals surface area contributed by atoms with E-state index in [0.717, 1.165) is 31.1 Å². The van der Waals surface area contributed by atoms with E-state index in [1.165, 1.54) is 18.3 Å². The second kappa shape index (κ2) is 10.6. The van der Waals surface area contributed by atoms with Crippen LogP contribution in [0.4, 0.5) is 10.9 Å². The molecule has 4 N–H and O–H groups in total. The summed E-state index contributed by atoms with van der Waals surface area (Å²) in [5, 5.41) is 7.37. The minimum atomic E-state index is -0.0233. The Bertz CT molecular complexity index is 387. The molecular formula is C14H28N4OS. The summed E-state index contributed by atoms with van der Waals surface area (Å²) in [6.07, 6.45) is 2.29. The number of carbonyl (C=O) groups is 1. The van der Waals surface area contributed by atoms with Gasteiger partial charge in [0, 0.05) is 19.5 Å². The van der Waals surface area contributed by atoms with Crippen LogP contribution in [-0.4, -0.2) is 29.9 Å². The van der Waals surface area contributed by atoms with Gasteiger partial charge in [0.15, 0.2) is 10.9 Å². The maximum Gasteiger partial charge on any atom is 0.185 e. The highest BCUT2D eigenvalue weighted by Gasteiger charge is 2.17. The number of anilines is 2. The molecule has 0 bridgehead atoms. The Morgan fingerprint density at radius 3 is 2.50 bits per heavy atom. The van der Waals surface area contributed by atoms with E-state index in [1.807, 2.05) is 27.7 Å². The Morgan fingerprint density at radius 2 is 2.05 bits per heavy atom. The standard InChI is InChI=1S/C10H16N4OS.2C2H6/c1-6(15)8-9(11)14-10(16-8)13-7-3-2-4-12-5-7;2*1-2/h7,12H,2-5,11H2,1H3,(H,13,14);2*1-2H3. The van der Waals surface area contributed by atoms with Crippen molar-refractivity contribution in [3.63, 3.8) is 0 Å². The van der Waals surface area contributed by atoms with E-state index < -0.39 is 0 Å². The second-order valence-corrected chi connectivity index (χ2v) is 4.98. The van der Waals surface area contributed by atoms with Gasteiger partial charge in [-0.15, -0.1) is 0 Å². The third-order valence-corrected chi connectivity index (χ3v) is 3.70. The average Bonchev–Trinajstić information content (AvgIpc) is 2.85. The van der Waals surface area contributed by atoms with E-state index >= 15 is 0 Å². The molecule has 6 heteroatoms. The maximum atomic E-state index is 11.2. The summed E-state index contributed by atoms with van der Waals surface area (Å²) in [5.74, 6) is 0.314. The van der Waals surface area contributed by atoms with Crippen molar-refractivity contribution in [2.45, 2.75) is 53.5 Å². The lowest BCUT2D eigenvalue weighted by molar-refractivity contribution is 0.102. The van der Waals surface area contributed by atoms with E-state index in [4.69, 9.17) is 5.73 Å². The number of ketones is 1. The molecule has 1 aromatic rings. The summed E-state index contributed by atoms with van der Waals surface area (Å²) < 4.78 is 0. The number of thiazole rings is 1. The summed E-state index contributed by atoms with van der Waals surface area (Å²) >= 11 is 1.34. The Kier molecular flexibility index (Phi) is 10.0. The van der Waals surface area contributed by atoms with Crippen LogP contribution >= 0.6 is 11.3 Å². The molecule has 20 heavy (non-hydrogen) atoms. The van der Waals surface area contributed by atoms with E-state index in [2.05, 4.69) is 15.6 Å². The number of aromatic nitrogens is 1. The normalized spacial score (nSPS) is 17.1. The molecule has 1 atom stereocenters. The van der Waals surface area contributed by atoms with Gasteiger partial charge in [-0.3, -0.25) is 4.79 Å². The number of rotatable bonds is 3. The van der Waals surface area contributed by atoms with Crippen molar-refractivity contribution in [1.29, 1.82) is 0 Å². The molecule has 0 aliphatic carbocycles. The second-order valence-electron chi connectivity index (χ2n) is 3.98. The summed E-state index contributed by atoms with van der Waals surface area (Å²) in [6.45, 7) is 11.5. The first-order valence-electron chi connectivity index (χ1n) is 7.41. The number of piperidine rings is 1. The Balaban J connectivity index is 0.000000829. The molecule has 2 rings (SSSR count). The number of nitrogens with two attached hydrogens (primary N) is 1. The Hall–Kier alpha value is -1.14. The zero-order chi connectivity index (χ0) is 15.5. The molecule has 1 aliphatic heterocycles. The smallest absolute Gasteiger partial charge is 0.185 e. The molecule has 5 nitrogen and oxygen atoms in total. The van der Waals surface area contributed by atoms with E-state index in [0.29, 0.717) is 16.7 Å². The Labute approximate surface area is 126 Å². The van der Waals surface area contributed by atoms with Crippen LogP contribution in [0.3, 0.4) is 0 Å². The number of nitrogen functional groups attached to an aromatic ring is 1. The van der Waals surface area contributed by atoms with Gasteiger partial charge in [-0.2, -0.15) is 0 Å². The summed E-state index contributed by atoms with van der Waals surface area (Å²) in [5.41, 5.74) is 5.67. The van der Waals surface area contributed by atoms with Gasteiger partial charge < -0.3 is 16.4 Å². The third kappa shape index (κ3) is 5.88. The molecule has 0 spiro atoms. The molecule has 0 saturated carbocycles. The fourth-order valence-corrected chi connectivity index (χ4v) is 2.65.